The molecule has 2 heterocycles. The molecule has 0 radical (unpaired) electrons. The van der Waals surface area contributed by atoms with Gasteiger partial charge in [0, 0.05) is 6.07 Å². The number of nitro groups is 1. The number of ketones is 1. The molecule has 2 aromatic carbocycles. The fraction of sp³-hybridized carbons (Fsp3) is 0.200. The minimum absolute atomic E-state index is 0.0279. The molecule has 1 aliphatic rings. The SMILES string of the molecule is COc1cc([N+](=O)[O-])c(OC)cc1-n1cc(C(C)N2C(=O)C(=O)c3ccccc32)nn1. The Kier molecular flexibility index (Phi) is 4.85. The smallest absolute Gasteiger partial charge is 0.314 e. The summed E-state index contributed by atoms with van der Waals surface area (Å²) < 4.78 is 11.8. The summed E-state index contributed by atoms with van der Waals surface area (Å²) in [4.78, 5) is 36.9. The Labute approximate surface area is 175 Å². The molecular formula is C20H17N5O6. The molecular weight excluding hydrogens is 406 g/mol. The molecule has 0 N–H and O–H groups in total. The highest BCUT2D eigenvalue weighted by molar-refractivity contribution is 6.52. The van der Waals surface area contributed by atoms with Crippen LogP contribution in [-0.4, -0.2) is 45.8 Å². The summed E-state index contributed by atoms with van der Waals surface area (Å²) in [7, 11) is 2.70. The molecule has 11 nitrogen and oxygen atoms in total. The quantitative estimate of drug-likeness (QED) is 0.336. The summed E-state index contributed by atoms with van der Waals surface area (Å²) in [5, 5.41) is 19.5. The van der Waals surface area contributed by atoms with E-state index in [-0.39, 0.29) is 17.2 Å². The van der Waals surface area contributed by atoms with E-state index in [1.165, 1.54) is 35.9 Å². The standard InChI is InChI=1S/C20H17N5O6/c1-11(24-14-7-5-4-6-12(14)19(26)20(24)27)13-10-23(22-21-13)15-8-18(31-3)16(25(28)29)9-17(15)30-2/h4-11H,1-3H3. The van der Waals surface area contributed by atoms with Gasteiger partial charge in [-0.2, -0.15) is 0 Å². The van der Waals surface area contributed by atoms with Gasteiger partial charge in [0.25, 0.3) is 11.7 Å². The first-order valence-corrected chi connectivity index (χ1v) is 9.17. The van der Waals surface area contributed by atoms with E-state index in [4.69, 9.17) is 9.47 Å². The largest absolute Gasteiger partial charge is 0.494 e. The zero-order valence-electron chi connectivity index (χ0n) is 16.8. The van der Waals surface area contributed by atoms with Crippen LogP contribution >= 0.6 is 0 Å². The monoisotopic (exact) mass is 423 g/mol. The number of fused-ring (bicyclic) bond motifs is 1. The molecule has 1 atom stereocenters. The highest BCUT2D eigenvalue weighted by atomic mass is 16.6. The summed E-state index contributed by atoms with van der Waals surface area (Å²) in [6, 6.07) is 8.81. The highest BCUT2D eigenvalue weighted by Crippen LogP contribution is 2.38. The molecule has 0 aliphatic carbocycles. The van der Waals surface area contributed by atoms with E-state index in [0.29, 0.717) is 22.6 Å². The van der Waals surface area contributed by atoms with Crippen molar-refractivity contribution in [3.05, 3.63) is 64.0 Å². The second kappa shape index (κ2) is 7.52. The molecule has 0 spiro atoms. The number of anilines is 1. The van der Waals surface area contributed by atoms with Crippen LogP contribution in [0, 0.1) is 10.1 Å². The number of amides is 1. The van der Waals surface area contributed by atoms with Gasteiger partial charge < -0.3 is 9.47 Å². The number of ether oxygens (including phenoxy) is 2. The number of para-hydroxylation sites is 1. The van der Waals surface area contributed by atoms with Gasteiger partial charge in [0.1, 0.15) is 11.4 Å². The Bertz CT molecular complexity index is 1220. The van der Waals surface area contributed by atoms with Crippen molar-refractivity contribution < 1.29 is 24.0 Å². The van der Waals surface area contributed by atoms with Crippen LogP contribution in [-0.2, 0) is 4.79 Å². The summed E-state index contributed by atoms with van der Waals surface area (Å²) in [5.74, 6) is -0.996. The van der Waals surface area contributed by atoms with Crippen LogP contribution in [0.2, 0.25) is 0 Å². The fourth-order valence-electron chi connectivity index (χ4n) is 3.50. The molecule has 1 aromatic heterocycles. The Morgan fingerprint density at radius 3 is 2.45 bits per heavy atom. The van der Waals surface area contributed by atoms with E-state index in [9.17, 15) is 19.7 Å². The maximum Gasteiger partial charge on any atom is 0.314 e. The number of rotatable bonds is 6. The van der Waals surface area contributed by atoms with Gasteiger partial charge in [-0.15, -0.1) is 5.10 Å². The lowest BCUT2D eigenvalue weighted by Gasteiger charge is -2.22. The maximum atomic E-state index is 12.6. The first-order chi connectivity index (χ1) is 14.9. The number of aromatic nitrogens is 3. The van der Waals surface area contributed by atoms with Crippen LogP contribution in [0.15, 0.2) is 42.6 Å². The van der Waals surface area contributed by atoms with Crippen molar-refractivity contribution in [2.24, 2.45) is 0 Å². The molecule has 1 amide bonds. The zero-order chi connectivity index (χ0) is 22.3. The molecule has 3 aromatic rings. The summed E-state index contributed by atoms with van der Waals surface area (Å²) in [5.41, 5.74) is 1.37. The molecule has 0 saturated carbocycles. The first-order valence-electron chi connectivity index (χ1n) is 9.17. The molecule has 31 heavy (non-hydrogen) atoms. The predicted octanol–water partition coefficient (Wildman–Crippen LogP) is 2.48. The number of nitrogens with zero attached hydrogens (tertiary/aromatic N) is 5. The van der Waals surface area contributed by atoms with Crippen LogP contribution in [0.4, 0.5) is 11.4 Å². The van der Waals surface area contributed by atoms with Gasteiger partial charge >= 0.3 is 5.69 Å². The van der Waals surface area contributed by atoms with Crippen molar-refractivity contribution in [3.63, 3.8) is 0 Å². The zero-order valence-corrected chi connectivity index (χ0v) is 16.8. The Hall–Kier alpha value is -4.28. The van der Waals surface area contributed by atoms with E-state index in [1.807, 2.05) is 0 Å². The average molecular weight is 423 g/mol. The van der Waals surface area contributed by atoms with Crippen LogP contribution in [0.1, 0.15) is 29.0 Å². The van der Waals surface area contributed by atoms with Crippen molar-refractivity contribution >= 4 is 23.1 Å². The van der Waals surface area contributed by atoms with Gasteiger partial charge in [-0.1, -0.05) is 17.3 Å². The van der Waals surface area contributed by atoms with Crippen LogP contribution in [0.5, 0.6) is 11.5 Å². The van der Waals surface area contributed by atoms with Gasteiger partial charge in [0.05, 0.1) is 48.7 Å². The highest BCUT2D eigenvalue weighted by Gasteiger charge is 2.39. The number of benzene rings is 2. The Morgan fingerprint density at radius 1 is 1.06 bits per heavy atom. The average Bonchev–Trinajstić information content (AvgIpc) is 3.36. The van der Waals surface area contributed by atoms with Gasteiger partial charge in [0.15, 0.2) is 11.5 Å². The van der Waals surface area contributed by atoms with Crippen molar-refractivity contribution in [2.45, 2.75) is 13.0 Å². The van der Waals surface area contributed by atoms with Crippen molar-refractivity contribution in [1.82, 2.24) is 15.0 Å². The van der Waals surface area contributed by atoms with Crippen LogP contribution in [0.3, 0.4) is 0 Å². The number of methoxy groups -OCH3 is 2. The minimum Gasteiger partial charge on any atom is -0.494 e. The van der Waals surface area contributed by atoms with Crippen molar-refractivity contribution in [3.8, 4) is 17.2 Å². The van der Waals surface area contributed by atoms with E-state index in [0.717, 1.165) is 0 Å². The van der Waals surface area contributed by atoms with Crippen LogP contribution in [0.25, 0.3) is 5.69 Å². The molecule has 0 saturated heterocycles. The van der Waals surface area contributed by atoms with Gasteiger partial charge in [-0.25, -0.2) is 4.68 Å². The topological polar surface area (TPSA) is 130 Å². The second-order valence-corrected chi connectivity index (χ2v) is 6.74. The number of nitro benzene ring substituents is 1. The lowest BCUT2D eigenvalue weighted by molar-refractivity contribution is -0.385. The van der Waals surface area contributed by atoms with Gasteiger partial charge in [-0.3, -0.25) is 24.6 Å². The summed E-state index contributed by atoms with van der Waals surface area (Å²) >= 11 is 0. The normalized spacial score (nSPS) is 13.8. The molecule has 11 heteroatoms. The van der Waals surface area contributed by atoms with E-state index in [2.05, 4.69) is 10.3 Å². The molecule has 0 fully saturated rings. The van der Waals surface area contributed by atoms with Crippen molar-refractivity contribution in [2.75, 3.05) is 19.1 Å². The third kappa shape index (κ3) is 3.16. The number of Topliss-reactive ketones (excluding diaryl/α,β-unsaturated/α-hetero) is 1. The Morgan fingerprint density at radius 2 is 1.77 bits per heavy atom. The summed E-state index contributed by atoms with van der Waals surface area (Å²) in [6.07, 6.45) is 1.56. The number of hydrogen-bond acceptors (Lipinski definition) is 8. The van der Waals surface area contributed by atoms with Gasteiger partial charge in [-0.05, 0) is 19.1 Å². The Balaban J connectivity index is 1.73. The lowest BCUT2D eigenvalue weighted by Crippen LogP contribution is -2.32. The molecule has 4 rings (SSSR count). The van der Waals surface area contributed by atoms with Crippen LogP contribution < -0.4 is 14.4 Å². The van der Waals surface area contributed by atoms with E-state index in [1.54, 1.807) is 37.4 Å². The second-order valence-electron chi connectivity index (χ2n) is 6.74. The lowest BCUT2D eigenvalue weighted by atomic mass is 10.1. The third-order valence-electron chi connectivity index (χ3n) is 5.07. The third-order valence-corrected chi connectivity index (χ3v) is 5.07. The maximum absolute atomic E-state index is 12.6. The number of carbonyl (C=O) groups excluding carboxylic acids is 2. The molecule has 158 valence electrons. The molecule has 1 aliphatic heterocycles. The minimum atomic E-state index is -0.641. The molecule has 1 unspecified atom stereocenters. The molecule has 0 bridgehead atoms. The number of hydrogen-bond donors (Lipinski definition) is 0. The summed E-state index contributed by atoms with van der Waals surface area (Å²) in [6.45, 7) is 1.73. The van der Waals surface area contributed by atoms with E-state index < -0.39 is 22.7 Å². The fourth-order valence-corrected chi connectivity index (χ4v) is 3.50. The number of carbonyl (C=O) groups is 2. The predicted molar refractivity (Wildman–Crippen MR) is 108 cm³/mol. The first kappa shape index (κ1) is 20.0. The van der Waals surface area contributed by atoms with Crippen molar-refractivity contribution in [1.29, 1.82) is 0 Å². The van der Waals surface area contributed by atoms with E-state index >= 15 is 0 Å². The van der Waals surface area contributed by atoms with Gasteiger partial charge in [0.2, 0.25) is 0 Å².